The molecule has 0 atom stereocenters. The lowest BCUT2D eigenvalue weighted by Crippen LogP contribution is -2.22. The molecule has 2 heterocycles. The van der Waals surface area contributed by atoms with Gasteiger partial charge in [-0.2, -0.15) is 0 Å². The Bertz CT molecular complexity index is 623. The van der Waals surface area contributed by atoms with Gasteiger partial charge in [-0.05, 0) is 17.9 Å². The highest BCUT2D eigenvalue weighted by Gasteiger charge is 2.07. The third-order valence-corrected chi connectivity index (χ3v) is 4.08. The zero-order valence-electron chi connectivity index (χ0n) is 12.3. The Labute approximate surface area is 127 Å². The van der Waals surface area contributed by atoms with Crippen LogP contribution in [0.5, 0.6) is 0 Å². The number of hydrogen-bond donors (Lipinski definition) is 0. The van der Waals surface area contributed by atoms with E-state index in [2.05, 4.69) is 4.98 Å². The van der Waals surface area contributed by atoms with E-state index in [-0.39, 0.29) is 5.56 Å². The van der Waals surface area contributed by atoms with Crippen LogP contribution >= 0.6 is 11.3 Å². The Hall–Kier alpha value is -1.28. The number of rotatable bonds is 9. The first kappa shape index (κ1) is 16.1. The molecule has 0 saturated carbocycles. The van der Waals surface area contributed by atoms with Crippen LogP contribution in [0.4, 0.5) is 0 Å². The van der Waals surface area contributed by atoms with E-state index in [4.69, 9.17) is 14.2 Å². The number of hydrogen-bond acceptors (Lipinski definition) is 6. The van der Waals surface area contributed by atoms with Gasteiger partial charge in [-0.25, -0.2) is 4.98 Å². The lowest BCUT2D eigenvalue weighted by molar-refractivity contribution is 0.0229. The summed E-state index contributed by atoms with van der Waals surface area (Å²) in [5.41, 5.74) is 1.84. The standard InChI is InChI=1S/C14H20N2O4S/c1-11-9-21-13-12(11)15-10-16(14(13)17)3-4-19-7-8-20-6-5-18-2/h9-10H,3-8H2,1-2H3. The first-order chi connectivity index (χ1) is 10.2. The molecule has 0 spiro atoms. The fraction of sp³-hybridized carbons (Fsp3) is 0.571. The van der Waals surface area contributed by atoms with Crippen LogP contribution in [0, 0.1) is 6.92 Å². The smallest absolute Gasteiger partial charge is 0.271 e. The zero-order valence-corrected chi connectivity index (χ0v) is 13.1. The Morgan fingerprint density at radius 2 is 1.90 bits per heavy atom. The van der Waals surface area contributed by atoms with E-state index in [0.717, 1.165) is 11.1 Å². The fourth-order valence-corrected chi connectivity index (χ4v) is 2.80. The summed E-state index contributed by atoms with van der Waals surface area (Å²) < 4.78 is 17.9. The van der Waals surface area contributed by atoms with Crippen molar-refractivity contribution >= 4 is 21.6 Å². The van der Waals surface area contributed by atoms with Crippen molar-refractivity contribution in [2.45, 2.75) is 13.5 Å². The van der Waals surface area contributed by atoms with Crippen molar-refractivity contribution in [1.29, 1.82) is 0 Å². The van der Waals surface area contributed by atoms with Gasteiger partial charge in [-0.1, -0.05) is 0 Å². The van der Waals surface area contributed by atoms with Crippen molar-refractivity contribution in [3.8, 4) is 0 Å². The summed E-state index contributed by atoms with van der Waals surface area (Å²) in [6.07, 6.45) is 1.59. The number of nitrogens with zero attached hydrogens (tertiary/aromatic N) is 2. The first-order valence-corrected chi connectivity index (χ1v) is 7.69. The number of fused-ring (bicyclic) bond motifs is 1. The van der Waals surface area contributed by atoms with E-state index in [9.17, 15) is 4.79 Å². The Kier molecular flexibility index (Phi) is 6.31. The summed E-state index contributed by atoms with van der Waals surface area (Å²) >= 11 is 1.44. The molecule has 0 saturated heterocycles. The lowest BCUT2D eigenvalue weighted by Gasteiger charge is -2.07. The predicted octanol–water partition coefficient (Wildman–Crippen LogP) is 1.45. The van der Waals surface area contributed by atoms with E-state index in [1.54, 1.807) is 18.0 Å². The van der Waals surface area contributed by atoms with Gasteiger partial charge in [0.15, 0.2) is 0 Å². The van der Waals surface area contributed by atoms with Crippen LogP contribution in [0.3, 0.4) is 0 Å². The molecule has 2 aromatic rings. The van der Waals surface area contributed by atoms with Crippen LogP contribution in [-0.4, -0.2) is 49.7 Å². The zero-order chi connectivity index (χ0) is 15.1. The highest BCUT2D eigenvalue weighted by molar-refractivity contribution is 7.17. The minimum Gasteiger partial charge on any atom is -0.382 e. The molecule has 6 nitrogen and oxygen atoms in total. The number of methoxy groups -OCH3 is 1. The first-order valence-electron chi connectivity index (χ1n) is 6.81. The lowest BCUT2D eigenvalue weighted by atomic mass is 10.3. The van der Waals surface area contributed by atoms with Gasteiger partial charge in [0, 0.05) is 7.11 Å². The molecular formula is C14H20N2O4S. The third kappa shape index (κ3) is 4.34. The normalized spacial score (nSPS) is 11.3. The second-order valence-electron chi connectivity index (χ2n) is 4.56. The highest BCUT2D eigenvalue weighted by atomic mass is 32.1. The molecule has 2 aromatic heterocycles. The van der Waals surface area contributed by atoms with Crippen LogP contribution in [-0.2, 0) is 20.8 Å². The monoisotopic (exact) mass is 312 g/mol. The molecule has 0 aromatic carbocycles. The van der Waals surface area contributed by atoms with Gasteiger partial charge in [-0.15, -0.1) is 11.3 Å². The van der Waals surface area contributed by atoms with Gasteiger partial charge in [0.05, 0.1) is 51.4 Å². The molecular weight excluding hydrogens is 292 g/mol. The van der Waals surface area contributed by atoms with E-state index in [1.165, 1.54) is 11.3 Å². The fourth-order valence-electron chi connectivity index (χ4n) is 1.85. The Morgan fingerprint density at radius 1 is 1.19 bits per heavy atom. The molecule has 0 N–H and O–H groups in total. The third-order valence-electron chi connectivity index (χ3n) is 3.00. The van der Waals surface area contributed by atoms with Gasteiger partial charge in [0.2, 0.25) is 0 Å². The topological polar surface area (TPSA) is 62.6 Å². The van der Waals surface area contributed by atoms with E-state index >= 15 is 0 Å². The van der Waals surface area contributed by atoms with Gasteiger partial charge < -0.3 is 14.2 Å². The van der Waals surface area contributed by atoms with E-state index in [0.29, 0.717) is 44.3 Å². The molecule has 0 unspecified atom stereocenters. The van der Waals surface area contributed by atoms with Gasteiger partial charge in [-0.3, -0.25) is 9.36 Å². The molecule has 7 heteroatoms. The van der Waals surface area contributed by atoms with Crippen LogP contribution in [0.15, 0.2) is 16.5 Å². The van der Waals surface area contributed by atoms with E-state index in [1.807, 2.05) is 12.3 Å². The molecule has 0 aliphatic carbocycles. The van der Waals surface area contributed by atoms with Crippen molar-refractivity contribution in [3.63, 3.8) is 0 Å². The number of thiophene rings is 1. The minimum absolute atomic E-state index is 0.00181. The summed E-state index contributed by atoms with van der Waals surface area (Å²) in [5, 5.41) is 1.96. The van der Waals surface area contributed by atoms with Crippen molar-refractivity contribution in [1.82, 2.24) is 9.55 Å². The van der Waals surface area contributed by atoms with Crippen LogP contribution < -0.4 is 5.56 Å². The molecule has 0 aliphatic heterocycles. The van der Waals surface area contributed by atoms with Crippen LogP contribution in [0.25, 0.3) is 10.2 Å². The van der Waals surface area contributed by atoms with Crippen molar-refractivity contribution in [2.75, 3.05) is 40.1 Å². The second kappa shape index (κ2) is 8.23. The summed E-state index contributed by atoms with van der Waals surface area (Å²) in [4.78, 5) is 16.5. The van der Waals surface area contributed by atoms with Crippen molar-refractivity contribution < 1.29 is 14.2 Å². The minimum atomic E-state index is -0.00181. The molecule has 0 aliphatic rings. The summed E-state index contributed by atoms with van der Waals surface area (Å²) in [6.45, 7) is 5.11. The molecule has 0 amide bonds. The average Bonchev–Trinajstić information content (AvgIpc) is 2.86. The van der Waals surface area contributed by atoms with Gasteiger partial charge in [0.25, 0.3) is 5.56 Å². The average molecular weight is 312 g/mol. The molecule has 2 rings (SSSR count). The predicted molar refractivity (Wildman–Crippen MR) is 82.1 cm³/mol. The molecule has 116 valence electrons. The highest BCUT2D eigenvalue weighted by Crippen LogP contribution is 2.19. The number of aryl methyl sites for hydroxylation is 1. The molecule has 0 bridgehead atoms. The van der Waals surface area contributed by atoms with E-state index < -0.39 is 0 Å². The maximum absolute atomic E-state index is 12.2. The maximum Gasteiger partial charge on any atom is 0.271 e. The largest absolute Gasteiger partial charge is 0.382 e. The summed E-state index contributed by atoms with van der Waals surface area (Å²) in [6, 6.07) is 0. The van der Waals surface area contributed by atoms with Gasteiger partial charge in [0.1, 0.15) is 4.70 Å². The molecule has 0 fully saturated rings. The Morgan fingerprint density at radius 3 is 2.67 bits per heavy atom. The summed E-state index contributed by atoms with van der Waals surface area (Å²) in [5.74, 6) is 0. The SMILES string of the molecule is COCCOCCOCCn1cnc2c(C)csc2c1=O. The van der Waals surface area contributed by atoms with Crippen molar-refractivity contribution in [2.24, 2.45) is 0 Å². The maximum atomic E-state index is 12.2. The van der Waals surface area contributed by atoms with Gasteiger partial charge >= 0.3 is 0 Å². The number of aromatic nitrogens is 2. The van der Waals surface area contributed by atoms with Crippen LogP contribution in [0.1, 0.15) is 5.56 Å². The second-order valence-corrected chi connectivity index (χ2v) is 5.44. The van der Waals surface area contributed by atoms with Crippen molar-refractivity contribution in [3.05, 3.63) is 27.6 Å². The Balaban J connectivity index is 1.76. The van der Waals surface area contributed by atoms with Crippen LogP contribution in [0.2, 0.25) is 0 Å². The molecule has 0 radical (unpaired) electrons. The number of ether oxygens (including phenoxy) is 3. The quantitative estimate of drug-likeness (QED) is 0.656. The molecule has 21 heavy (non-hydrogen) atoms. The summed E-state index contributed by atoms with van der Waals surface area (Å²) in [7, 11) is 1.64.